The van der Waals surface area contributed by atoms with E-state index in [1.54, 1.807) is 0 Å². The highest BCUT2D eigenvalue weighted by Crippen LogP contribution is 2.32. The fourth-order valence-electron chi connectivity index (χ4n) is 2.53. The van der Waals surface area contributed by atoms with E-state index in [2.05, 4.69) is 31.2 Å². The van der Waals surface area contributed by atoms with Crippen molar-refractivity contribution in [2.24, 2.45) is 0 Å². The van der Waals surface area contributed by atoms with Gasteiger partial charge in [0.1, 0.15) is 0 Å². The Bertz CT molecular complexity index is 756. The second-order valence-electron chi connectivity index (χ2n) is 4.68. The van der Waals surface area contributed by atoms with Crippen LogP contribution in [0.3, 0.4) is 0 Å². The van der Waals surface area contributed by atoms with Crippen molar-refractivity contribution in [3.05, 3.63) is 71.8 Å². The molecule has 0 saturated heterocycles. The summed E-state index contributed by atoms with van der Waals surface area (Å²) >= 11 is 0. The maximum Gasteiger partial charge on any atom is 0.150 e. The molecule has 0 atom stereocenters. The summed E-state index contributed by atoms with van der Waals surface area (Å²) < 4.78 is 0. The smallest absolute Gasteiger partial charge is 0.150 e. The van der Waals surface area contributed by atoms with Crippen LogP contribution in [0, 0.1) is 6.92 Å². The van der Waals surface area contributed by atoms with Gasteiger partial charge in [0, 0.05) is 5.56 Å². The van der Waals surface area contributed by atoms with Crippen LogP contribution in [0.25, 0.3) is 21.9 Å². The maximum absolute atomic E-state index is 11.2. The zero-order valence-electron chi connectivity index (χ0n) is 10.8. The van der Waals surface area contributed by atoms with Crippen molar-refractivity contribution in [2.45, 2.75) is 6.92 Å². The van der Waals surface area contributed by atoms with E-state index in [1.165, 1.54) is 16.3 Å². The summed E-state index contributed by atoms with van der Waals surface area (Å²) in [6.07, 6.45) is 0.921. The first-order valence-electron chi connectivity index (χ1n) is 6.34. The van der Waals surface area contributed by atoms with E-state index in [9.17, 15) is 4.79 Å². The van der Waals surface area contributed by atoms with Crippen molar-refractivity contribution in [3.8, 4) is 11.1 Å². The van der Waals surface area contributed by atoms with Crippen LogP contribution in [0.1, 0.15) is 15.9 Å². The maximum atomic E-state index is 11.2. The predicted molar refractivity (Wildman–Crippen MR) is 79.5 cm³/mol. The first kappa shape index (κ1) is 11.7. The molecule has 3 aromatic rings. The van der Waals surface area contributed by atoms with Crippen LogP contribution in [0.4, 0.5) is 0 Å². The first-order valence-corrected chi connectivity index (χ1v) is 6.34. The minimum atomic E-state index is 0.733. The number of carbonyl (C=O) groups is 1. The Hall–Kier alpha value is -2.41. The van der Waals surface area contributed by atoms with Crippen molar-refractivity contribution in [2.75, 3.05) is 0 Å². The number of hydrogen-bond donors (Lipinski definition) is 0. The molecule has 3 rings (SSSR count). The van der Waals surface area contributed by atoms with Crippen molar-refractivity contribution < 1.29 is 4.79 Å². The molecule has 0 unspecified atom stereocenters. The second kappa shape index (κ2) is 4.69. The summed E-state index contributed by atoms with van der Waals surface area (Å²) in [5.74, 6) is 0. The molecule has 92 valence electrons. The van der Waals surface area contributed by atoms with Gasteiger partial charge < -0.3 is 0 Å². The van der Waals surface area contributed by atoms with Crippen LogP contribution in [-0.4, -0.2) is 6.29 Å². The molecule has 0 spiro atoms. The van der Waals surface area contributed by atoms with E-state index >= 15 is 0 Å². The lowest BCUT2D eigenvalue weighted by atomic mass is 9.93. The Morgan fingerprint density at radius 2 is 1.42 bits per heavy atom. The number of aryl methyl sites for hydroxylation is 1. The normalized spacial score (nSPS) is 10.6. The van der Waals surface area contributed by atoms with Crippen LogP contribution in [0.15, 0.2) is 60.7 Å². The van der Waals surface area contributed by atoms with Crippen LogP contribution in [0.5, 0.6) is 0 Å². The van der Waals surface area contributed by atoms with Crippen LogP contribution >= 0.6 is 0 Å². The number of hydrogen-bond acceptors (Lipinski definition) is 1. The lowest BCUT2D eigenvalue weighted by molar-refractivity contribution is 0.112. The Morgan fingerprint density at radius 3 is 2.21 bits per heavy atom. The van der Waals surface area contributed by atoms with Gasteiger partial charge in [0.15, 0.2) is 6.29 Å². The van der Waals surface area contributed by atoms with E-state index < -0.39 is 0 Å². The number of fused-ring (bicyclic) bond motifs is 1. The standard InChI is InChI=1S/C18H14O/c1-13-10-11-18(17-9-5-4-7-15(13)17)16-8-3-2-6-14(16)12-19/h2-12H,1H3. The van der Waals surface area contributed by atoms with E-state index in [0.29, 0.717) is 0 Å². The largest absolute Gasteiger partial charge is 0.298 e. The highest BCUT2D eigenvalue weighted by Gasteiger charge is 2.08. The highest BCUT2D eigenvalue weighted by molar-refractivity contribution is 6.01. The van der Waals surface area contributed by atoms with Gasteiger partial charge in [-0.1, -0.05) is 60.7 Å². The molecule has 0 aliphatic heterocycles. The lowest BCUT2D eigenvalue weighted by Crippen LogP contribution is -1.89. The van der Waals surface area contributed by atoms with E-state index in [-0.39, 0.29) is 0 Å². The van der Waals surface area contributed by atoms with Gasteiger partial charge in [-0.15, -0.1) is 0 Å². The zero-order valence-corrected chi connectivity index (χ0v) is 10.8. The fourth-order valence-corrected chi connectivity index (χ4v) is 2.53. The molecule has 0 fully saturated rings. The molecule has 0 aliphatic carbocycles. The van der Waals surface area contributed by atoms with Crippen LogP contribution in [-0.2, 0) is 0 Å². The molecule has 0 N–H and O–H groups in total. The average Bonchev–Trinajstić information content (AvgIpc) is 2.48. The molecule has 0 aliphatic rings. The third-order valence-corrected chi connectivity index (χ3v) is 3.52. The molecule has 3 aromatic carbocycles. The van der Waals surface area contributed by atoms with Crippen LogP contribution in [0.2, 0.25) is 0 Å². The summed E-state index contributed by atoms with van der Waals surface area (Å²) in [4.78, 5) is 11.2. The van der Waals surface area contributed by atoms with E-state index in [1.807, 2.05) is 36.4 Å². The molecule has 0 heterocycles. The molecule has 0 saturated carbocycles. The first-order chi connectivity index (χ1) is 9.31. The van der Waals surface area contributed by atoms with Gasteiger partial charge in [-0.25, -0.2) is 0 Å². The molecule has 0 radical (unpaired) electrons. The second-order valence-corrected chi connectivity index (χ2v) is 4.68. The van der Waals surface area contributed by atoms with Gasteiger partial charge in [-0.2, -0.15) is 0 Å². The Labute approximate surface area is 112 Å². The van der Waals surface area contributed by atoms with E-state index in [0.717, 1.165) is 23.0 Å². The molecular formula is C18H14O. The van der Waals surface area contributed by atoms with Gasteiger partial charge in [0.25, 0.3) is 0 Å². The van der Waals surface area contributed by atoms with Gasteiger partial charge >= 0.3 is 0 Å². The van der Waals surface area contributed by atoms with Crippen molar-refractivity contribution in [1.29, 1.82) is 0 Å². The summed E-state index contributed by atoms with van der Waals surface area (Å²) in [6, 6.07) is 20.2. The summed E-state index contributed by atoms with van der Waals surface area (Å²) in [5, 5.41) is 2.43. The number of aldehydes is 1. The predicted octanol–water partition coefficient (Wildman–Crippen LogP) is 4.63. The van der Waals surface area contributed by atoms with E-state index in [4.69, 9.17) is 0 Å². The zero-order chi connectivity index (χ0) is 13.2. The minimum absolute atomic E-state index is 0.733. The Balaban J connectivity index is 2.38. The molecule has 0 amide bonds. The summed E-state index contributed by atoms with van der Waals surface area (Å²) in [7, 11) is 0. The lowest BCUT2D eigenvalue weighted by Gasteiger charge is -2.10. The monoisotopic (exact) mass is 246 g/mol. The van der Waals surface area contributed by atoms with Crippen molar-refractivity contribution in [3.63, 3.8) is 0 Å². The summed E-state index contributed by atoms with van der Waals surface area (Å²) in [5.41, 5.74) is 4.09. The molecule has 1 nitrogen and oxygen atoms in total. The molecule has 0 bridgehead atoms. The Morgan fingerprint density at radius 1 is 0.737 bits per heavy atom. The van der Waals surface area contributed by atoms with Gasteiger partial charge in [0.05, 0.1) is 0 Å². The van der Waals surface area contributed by atoms with Crippen LogP contribution < -0.4 is 0 Å². The quantitative estimate of drug-likeness (QED) is 0.602. The Kier molecular flexibility index (Phi) is 2.88. The van der Waals surface area contributed by atoms with Gasteiger partial charge in [-0.3, -0.25) is 4.79 Å². The third kappa shape index (κ3) is 1.93. The highest BCUT2D eigenvalue weighted by atomic mass is 16.1. The molecule has 19 heavy (non-hydrogen) atoms. The van der Waals surface area contributed by atoms with Crippen molar-refractivity contribution >= 4 is 17.1 Å². The third-order valence-electron chi connectivity index (χ3n) is 3.52. The minimum Gasteiger partial charge on any atom is -0.298 e. The summed E-state index contributed by atoms with van der Waals surface area (Å²) in [6.45, 7) is 2.11. The fraction of sp³-hybridized carbons (Fsp3) is 0.0556. The topological polar surface area (TPSA) is 17.1 Å². The molecule has 0 aromatic heterocycles. The average molecular weight is 246 g/mol. The van der Waals surface area contributed by atoms with Crippen molar-refractivity contribution in [1.82, 2.24) is 0 Å². The van der Waals surface area contributed by atoms with Gasteiger partial charge in [0.2, 0.25) is 0 Å². The number of rotatable bonds is 2. The number of benzene rings is 3. The van der Waals surface area contributed by atoms with Gasteiger partial charge in [-0.05, 0) is 34.4 Å². The molecule has 1 heteroatoms. The number of carbonyl (C=O) groups excluding carboxylic acids is 1. The molecular weight excluding hydrogens is 232 g/mol. The SMILES string of the molecule is Cc1ccc(-c2ccccc2C=O)c2ccccc12.